The van der Waals surface area contributed by atoms with E-state index in [0.29, 0.717) is 12.8 Å². The number of imide groups is 1. The zero-order chi connectivity index (χ0) is 9.14. The van der Waals surface area contributed by atoms with Crippen molar-refractivity contribution < 1.29 is 9.59 Å². The molecule has 2 unspecified atom stereocenters. The molecule has 0 aliphatic carbocycles. The van der Waals surface area contributed by atoms with E-state index in [4.69, 9.17) is 5.26 Å². The summed E-state index contributed by atoms with van der Waals surface area (Å²) in [5.41, 5.74) is 0. The second kappa shape index (κ2) is 3.35. The van der Waals surface area contributed by atoms with E-state index in [2.05, 4.69) is 5.32 Å². The first kappa shape index (κ1) is 8.72. The second-order valence-electron chi connectivity index (χ2n) is 2.88. The largest absolute Gasteiger partial charge is 0.295 e. The lowest BCUT2D eigenvalue weighted by atomic mass is 9.88. The summed E-state index contributed by atoms with van der Waals surface area (Å²) in [6.07, 6.45) is 1.05. The molecule has 4 heteroatoms. The zero-order valence-electron chi connectivity index (χ0n) is 6.83. The Labute approximate surface area is 70.6 Å². The normalized spacial score (nSPS) is 29.3. The number of amides is 2. The van der Waals surface area contributed by atoms with Crippen LogP contribution in [-0.2, 0) is 9.59 Å². The maximum Gasteiger partial charge on any atom is 0.243 e. The number of carbonyl (C=O) groups excluding carboxylic acids is 2. The fraction of sp³-hybridized carbons (Fsp3) is 0.625. The highest BCUT2D eigenvalue weighted by Crippen LogP contribution is 2.20. The monoisotopic (exact) mass is 166 g/mol. The predicted molar refractivity (Wildman–Crippen MR) is 40.7 cm³/mol. The van der Waals surface area contributed by atoms with E-state index in [1.54, 1.807) is 0 Å². The molecular weight excluding hydrogens is 156 g/mol. The van der Waals surface area contributed by atoms with Crippen LogP contribution in [0.4, 0.5) is 0 Å². The van der Waals surface area contributed by atoms with E-state index < -0.39 is 11.8 Å². The van der Waals surface area contributed by atoms with Crippen LogP contribution in [0.3, 0.4) is 0 Å². The molecule has 1 N–H and O–H groups in total. The minimum atomic E-state index is -0.646. The van der Waals surface area contributed by atoms with Gasteiger partial charge in [-0.15, -0.1) is 0 Å². The van der Waals surface area contributed by atoms with Crippen molar-refractivity contribution in [2.75, 3.05) is 0 Å². The Morgan fingerprint density at radius 3 is 2.75 bits per heavy atom. The van der Waals surface area contributed by atoms with Crippen LogP contribution in [-0.4, -0.2) is 11.8 Å². The maximum absolute atomic E-state index is 11.1. The summed E-state index contributed by atoms with van der Waals surface area (Å²) in [5.74, 6) is -1.51. The molecule has 4 nitrogen and oxygen atoms in total. The molecule has 1 saturated heterocycles. The Morgan fingerprint density at radius 2 is 2.25 bits per heavy atom. The lowest BCUT2D eigenvalue weighted by Gasteiger charge is -2.22. The molecule has 0 aromatic heterocycles. The van der Waals surface area contributed by atoms with Crippen molar-refractivity contribution in [2.24, 2.45) is 11.8 Å². The third-order valence-corrected chi connectivity index (χ3v) is 2.10. The van der Waals surface area contributed by atoms with Crippen LogP contribution >= 0.6 is 0 Å². The van der Waals surface area contributed by atoms with E-state index in [9.17, 15) is 9.59 Å². The van der Waals surface area contributed by atoms with Crippen LogP contribution in [0.25, 0.3) is 0 Å². The predicted octanol–water partition coefficient (Wildman–Crippen LogP) is 0.199. The molecule has 1 aliphatic heterocycles. The first-order valence-electron chi connectivity index (χ1n) is 3.93. The summed E-state index contributed by atoms with van der Waals surface area (Å²) >= 11 is 0. The fourth-order valence-electron chi connectivity index (χ4n) is 1.27. The molecule has 64 valence electrons. The number of piperidine rings is 1. The van der Waals surface area contributed by atoms with E-state index >= 15 is 0 Å². The van der Waals surface area contributed by atoms with E-state index in [1.807, 2.05) is 13.0 Å². The highest BCUT2D eigenvalue weighted by molar-refractivity contribution is 6.00. The summed E-state index contributed by atoms with van der Waals surface area (Å²) in [4.78, 5) is 22.0. The summed E-state index contributed by atoms with van der Waals surface area (Å²) in [5, 5.41) is 10.7. The molecular formula is C8H10N2O2. The average molecular weight is 166 g/mol. The summed E-state index contributed by atoms with van der Waals surface area (Å²) in [6, 6.07) is 1.87. The maximum atomic E-state index is 11.1. The summed E-state index contributed by atoms with van der Waals surface area (Å²) < 4.78 is 0. The first-order chi connectivity index (χ1) is 5.69. The Balaban J connectivity index is 2.71. The molecule has 0 bridgehead atoms. The van der Waals surface area contributed by atoms with Crippen LogP contribution in [0.2, 0.25) is 0 Å². The van der Waals surface area contributed by atoms with E-state index in [0.717, 1.165) is 0 Å². The van der Waals surface area contributed by atoms with Gasteiger partial charge in [-0.3, -0.25) is 14.9 Å². The lowest BCUT2D eigenvalue weighted by Crippen LogP contribution is -2.45. The van der Waals surface area contributed by atoms with Crippen molar-refractivity contribution in [3.63, 3.8) is 0 Å². The molecule has 2 atom stereocenters. The van der Waals surface area contributed by atoms with Crippen molar-refractivity contribution in [3.8, 4) is 6.07 Å². The number of hydrogen-bond donors (Lipinski definition) is 1. The summed E-state index contributed by atoms with van der Waals surface area (Å²) in [6.45, 7) is 1.87. The van der Waals surface area contributed by atoms with Gasteiger partial charge in [0.15, 0.2) is 0 Å². The van der Waals surface area contributed by atoms with Gasteiger partial charge in [0, 0.05) is 5.92 Å². The minimum absolute atomic E-state index is 0.174. The van der Waals surface area contributed by atoms with Gasteiger partial charge in [0.05, 0.1) is 6.07 Å². The van der Waals surface area contributed by atoms with Gasteiger partial charge in [-0.25, -0.2) is 0 Å². The van der Waals surface area contributed by atoms with E-state index in [1.165, 1.54) is 0 Å². The SMILES string of the molecule is CCC1CC(C#N)C(=O)NC1=O. The number of hydrogen-bond acceptors (Lipinski definition) is 3. The van der Waals surface area contributed by atoms with Crippen molar-refractivity contribution in [1.29, 1.82) is 5.26 Å². The lowest BCUT2D eigenvalue weighted by molar-refractivity contribution is -0.138. The molecule has 1 heterocycles. The third-order valence-electron chi connectivity index (χ3n) is 2.10. The fourth-order valence-corrected chi connectivity index (χ4v) is 1.27. The van der Waals surface area contributed by atoms with Crippen LogP contribution in [0.5, 0.6) is 0 Å². The van der Waals surface area contributed by atoms with Gasteiger partial charge >= 0.3 is 0 Å². The van der Waals surface area contributed by atoms with Gasteiger partial charge in [0.25, 0.3) is 0 Å². The Bertz CT molecular complexity index is 254. The number of rotatable bonds is 1. The molecule has 12 heavy (non-hydrogen) atoms. The highest BCUT2D eigenvalue weighted by Gasteiger charge is 2.33. The molecule has 0 aromatic rings. The van der Waals surface area contributed by atoms with Gasteiger partial charge in [-0.05, 0) is 12.8 Å². The molecule has 0 radical (unpaired) electrons. The number of nitriles is 1. The smallest absolute Gasteiger partial charge is 0.243 e. The molecule has 0 aromatic carbocycles. The molecule has 1 rings (SSSR count). The summed E-state index contributed by atoms with van der Waals surface area (Å²) in [7, 11) is 0. The Morgan fingerprint density at radius 1 is 1.58 bits per heavy atom. The van der Waals surface area contributed by atoms with Crippen molar-refractivity contribution in [3.05, 3.63) is 0 Å². The van der Waals surface area contributed by atoms with E-state index in [-0.39, 0.29) is 11.8 Å². The first-order valence-corrected chi connectivity index (χ1v) is 3.93. The topological polar surface area (TPSA) is 70.0 Å². The second-order valence-corrected chi connectivity index (χ2v) is 2.88. The molecule has 0 spiro atoms. The molecule has 2 amide bonds. The van der Waals surface area contributed by atoms with Crippen LogP contribution < -0.4 is 5.32 Å². The molecule has 1 aliphatic rings. The van der Waals surface area contributed by atoms with Gasteiger partial charge in [-0.1, -0.05) is 6.92 Å². The third kappa shape index (κ3) is 1.45. The highest BCUT2D eigenvalue weighted by atomic mass is 16.2. The number of nitrogens with zero attached hydrogens (tertiary/aromatic N) is 1. The number of carbonyl (C=O) groups is 2. The standard InChI is InChI=1S/C8H10N2O2/c1-2-5-3-6(4-9)8(12)10-7(5)11/h5-6H,2-3H2,1H3,(H,10,11,12). The minimum Gasteiger partial charge on any atom is -0.295 e. The number of nitrogens with one attached hydrogen (secondary N) is 1. The van der Waals surface area contributed by atoms with Crippen LogP contribution in [0, 0.1) is 23.2 Å². The molecule has 1 fully saturated rings. The molecule has 0 saturated carbocycles. The van der Waals surface area contributed by atoms with Crippen molar-refractivity contribution in [2.45, 2.75) is 19.8 Å². The van der Waals surface area contributed by atoms with Gasteiger partial charge in [0.2, 0.25) is 11.8 Å². The van der Waals surface area contributed by atoms with Crippen LogP contribution in [0.1, 0.15) is 19.8 Å². The quantitative estimate of drug-likeness (QED) is 0.565. The Hall–Kier alpha value is -1.37. The van der Waals surface area contributed by atoms with Crippen LogP contribution in [0.15, 0.2) is 0 Å². The van der Waals surface area contributed by atoms with Crippen molar-refractivity contribution in [1.82, 2.24) is 5.32 Å². The van der Waals surface area contributed by atoms with Gasteiger partial charge < -0.3 is 0 Å². The van der Waals surface area contributed by atoms with Gasteiger partial charge in [-0.2, -0.15) is 5.26 Å². The zero-order valence-corrected chi connectivity index (χ0v) is 6.83. The average Bonchev–Trinajstić information content (AvgIpc) is 2.05. The van der Waals surface area contributed by atoms with Gasteiger partial charge in [0.1, 0.15) is 5.92 Å². The van der Waals surface area contributed by atoms with Crippen molar-refractivity contribution >= 4 is 11.8 Å². The Kier molecular flexibility index (Phi) is 2.44.